The molecule has 0 unspecified atom stereocenters. The first-order valence-electron chi connectivity index (χ1n) is 5.57. The van der Waals surface area contributed by atoms with Crippen molar-refractivity contribution >= 4 is 0 Å². The van der Waals surface area contributed by atoms with Crippen molar-refractivity contribution in [2.24, 2.45) is 5.73 Å². The van der Waals surface area contributed by atoms with E-state index >= 15 is 0 Å². The van der Waals surface area contributed by atoms with E-state index in [1.807, 2.05) is 39.1 Å². The molecule has 2 heterocycles. The van der Waals surface area contributed by atoms with Crippen LogP contribution in [0.15, 0.2) is 24.5 Å². The molecular formula is C12H17N5. The Morgan fingerprint density at radius 2 is 2.18 bits per heavy atom. The first-order chi connectivity index (χ1) is 7.97. The van der Waals surface area contributed by atoms with Crippen LogP contribution in [0.1, 0.15) is 30.8 Å². The average Bonchev–Trinajstić information content (AvgIpc) is 2.69. The van der Waals surface area contributed by atoms with Crippen LogP contribution in [0.2, 0.25) is 0 Å². The standard InChI is InChI=1S/C12H17N5/c1-9-5-4-6-14-10(9)7-17-8-11(15-16-17)12(2,3)13/h4-6,8H,7,13H2,1-3H3. The van der Waals surface area contributed by atoms with Gasteiger partial charge in [0, 0.05) is 6.20 Å². The van der Waals surface area contributed by atoms with Gasteiger partial charge in [0.15, 0.2) is 0 Å². The molecule has 0 spiro atoms. The lowest BCUT2D eigenvalue weighted by Crippen LogP contribution is -2.29. The van der Waals surface area contributed by atoms with Crippen LogP contribution >= 0.6 is 0 Å². The maximum atomic E-state index is 5.96. The zero-order valence-corrected chi connectivity index (χ0v) is 10.4. The summed E-state index contributed by atoms with van der Waals surface area (Å²) in [5, 5.41) is 8.14. The largest absolute Gasteiger partial charge is 0.320 e. The van der Waals surface area contributed by atoms with Gasteiger partial charge in [0.2, 0.25) is 0 Å². The number of aromatic nitrogens is 4. The van der Waals surface area contributed by atoms with Crippen molar-refractivity contribution in [3.05, 3.63) is 41.5 Å². The Labute approximate surface area is 101 Å². The molecule has 0 aliphatic rings. The fourth-order valence-corrected chi connectivity index (χ4v) is 1.51. The molecule has 2 rings (SSSR count). The highest BCUT2D eigenvalue weighted by molar-refractivity contribution is 5.18. The molecule has 17 heavy (non-hydrogen) atoms. The molecule has 0 amide bonds. The predicted molar refractivity (Wildman–Crippen MR) is 65.3 cm³/mol. The van der Waals surface area contributed by atoms with Crippen molar-refractivity contribution in [1.82, 2.24) is 20.0 Å². The lowest BCUT2D eigenvalue weighted by molar-refractivity contribution is 0.533. The summed E-state index contributed by atoms with van der Waals surface area (Å²) < 4.78 is 1.76. The third kappa shape index (κ3) is 2.68. The van der Waals surface area contributed by atoms with E-state index in [9.17, 15) is 0 Å². The molecule has 2 N–H and O–H groups in total. The fraction of sp³-hybridized carbons (Fsp3) is 0.417. The van der Waals surface area contributed by atoms with E-state index in [-0.39, 0.29) is 0 Å². The second-order valence-corrected chi connectivity index (χ2v) is 4.79. The van der Waals surface area contributed by atoms with E-state index in [4.69, 9.17) is 5.73 Å². The second kappa shape index (κ2) is 4.25. The first kappa shape index (κ1) is 11.7. The van der Waals surface area contributed by atoms with E-state index < -0.39 is 5.54 Å². The Hall–Kier alpha value is -1.75. The zero-order chi connectivity index (χ0) is 12.5. The van der Waals surface area contributed by atoms with Gasteiger partial charge in [-0.15, -0.1) is 5.10 Å². The monoisotopic (exact) mass is 231 g/mol. The summed E-state index contributed by atoms with van der Waals surface area (Å²) in [4.78, 5) is 4.33. The Balaban J connectivity index is 2.21. The molecule has 2 aromatic heterocycles. The van der Waals surface area contributed by atoms with E-state index in [1.54, 1.807) is 10.9 Å². The van der Waals surface area contributed by atoms with Gasteiger partial charge < -0.3 is 5.73 Å². The van der Waals surface area contributed by atoms with Crippen LogP contribution in [0, 0.1) is 6.92 Å². The van der Waals surface area contributed by atoms with Crippen LogP contribution in [-0.4, -0.2) is 20.0 Å². The molecule has 5 heteroatoms. The van der Waals surface area contributed by atoms with Crippen LogP contribution in [0.3, 0.4) is 0 Å². The van der Waals surface area contributed by atoms with Gasteiger partial charge in [-0.05, 0) is 32.4 Å². The first-order valence-corrected chi connectivity index (χ1v) is 5.57. The van der Waals surface area contributed by atoms with Crippen molar-refractivity contribution in [3.8, 4) is 0 Å². The van der Waals surface area contributed by atoms with Crippen LogP contribution in [0.4, 0.5) is 0 Å². The highest BCUT2D eigenvalue weighted by atomic mass is 15.4. The molecule has 90 valence electrons. The predicted octanol–water partition coefficient (Wildman–Crippen LogP) is 1.22. The molecular weight excluding hydrogens is 214 g/mol. The van der Waals surface area contributed by atoms with E-state index in [1.165, 1.54) is 0 Å². The Morgan fingerprint density at radius 3 is 2.76 bits per heavy atom. The van der Waals surface area contributed by atoms with Gasteiger partial charge >= 0.3 is 0 Å². The maximum Gasteiger partial charge on any atom is 0.102 e. The molecule has 0 aromatic carbocycles. The van der Waals surface area contributed by atoms with Crippen LogP contribution < -0.4 is 5.73 Å². The molecule has 5 nitrogen and oxygen atoms in total. The van der Waals surface area contributed by atoms with Gasteiger partial charge in [0.05, 0.1) is 24.0 Å². The van der Waals surface area contributed by atoms with Gasteiger partial charge in [-0.1, -0.05) is 11.3 Å². The van der Waals surface area contributed by atoms with Gasteiger partial charge in [-0.2, -0.15) is 0 Å². The van der Waals surface area contributed by atoms with Crippen molar-refractivity contribution in [1.29, 1.82) is 0 Å². The topological polar surface area (TPSA) is 69.6 Å². The zero-order valence-electron chi connectivity index (χ0n) is 10.4. The van der Waals surface area contributed by atoms with Crippen LogP contribution in [0.25, 0.3) is 0 Å². The molecule has 0 saturated carbocycles. The minimum absolute atomic E-state index is 0.461. The summed E-state index contributed by atoms with van der Waals surface area (Å²) in [5.41, 5.74) is 8.43. The van der Waals surface area contributed by atoms with Gasteiger partial charge in [0.25, 0.3) is 0 Å². The highest BCUT2D eigenvalue weighted by Gasteiger charge is 2.18. The minimum Gasteiger partial charge on any atom is -0.320 e. The van der Waals surface area contributed by atoms with Crippen molar-refractivity contribution < 1.29 is 0 Å². The number of hydrogen-bond donors (Lipinski definition) is 1. The summed E-state index contributed by atoms with van der Waals surface area (Å²) >= 11 is 0. The molecule has 0 atom stereocenters. The summed E-state index contributed by atoms with van der Waals surface area (Å²) in [6, 6.07) is 3.96. The number of hydrogen-bond acceptors (Lipinski definition) is 4. The number of nitrogens with two attached hydrogens (primary N) is 1. The van der Waals surface area contributed by atoms with E-state index in [0.717, 1.165) is 17.0 Å². The summed E-state index contributed by atoms with van der Waals surface area (Å²) in [6.07, 6.45) is 3.65. The number of rotatable bonds is 3. The number of pyridine rings is 1. The maximum absolute atomic E-state index is 5.96. The fourth-order valence-electron chi connectivity index (χ4n) is 1.51. The number of nitrogens with zero attached hydrogens (tertiary/aromatic N) is 4. The molecule has 0 radical (unpaired) electrons. The average molecular weight is 231 g/mol. The Morgan fingerprint density at radius 1 is 1.41 bits per heavy atom. The van der Waals surface area contributed by atoms with Crippen molar-refractivity contribution in [2.75, 3.05) is 0 Å². The van der Waals surface area contributed by atoms with Crippen molar-refractivity contribution in [3.63, 3.8) is 0 Å². The molecule has 0 bridgehead atoms. The van der Waals surface area contributed by atoms with Crippen LogP contribution in [0.5, 0.6) is 0 Å². The normalized spacial score (nSPS) is 11.8. The number of aryl methyl sites for hydroxylation is 1. The van der Waals surface area contributed by atoms with Crippen molar-refractivity contribution in [2.45, 2.75) is 32.9 Å². The third-order valence-electron chi connectivity index (χ3n) is 2.63. The summed E-state index contributed by atoms with van der Waals surface area (Å²) in [6.45, 7) is 6.48. The lowest BCUT2D eigenvalue weighted by atomic mass is 10.0. The SMILES string of the molecule is Cc1cccnc1Cn1cc(C(C)(C)N)nn1. The molecule has 0 saturated heterocycles. The smallest absolute Gasteiger partial charge is 0.102 e. The van der Waals surface area contributed by atoms with E-state index in [0.29, 0.717) is 6.54 Å². The lowest BCUT2D eigenvalue weighted by Gasteiger charge is -2.13. The third-order valence-corrected chi connectivity index (χ3v) is 2.63. The van der Waals surface area contributed by atoms with Gasteiger partial charge in [0.1, 0.15) is 5.69 Å². The Kier molecular flexibility index (Phi) is 2.93. The molecule has 0 aliphatic carbocycles. The minimum atomic E-state index is -0.461. The van der Waals surface area contributed by atoms with Crippen LogP contribution in [-0.2, 0) is 12.1 Å². The second-order valence-electron chi connectivity index (χ2n) is 4.79. The molecule has 2 aromatic rings. The highest BCUT2D eigenvalue weighted by Crippen LogP contribution is 2.13. The Bertz CT molecular complexity index is 510. The summed E-state index contributed by atoms with van der Waals surface area (Å²) in [7, 11) is 0. The summed E-state index contributed by atoms with van der Waals surface area (Å²) in [5.74, 6) is 0. The van der Waals surface area contributed by atoms with Gasteiger partial charge in [-0.3, -0.25) is 4.98 Å². The quantitative estimate of drug-likeness (QED) is 0.862. The van der Waals surface area contributed by atoms with Gasteiger partial charge in [-0.25, -0.2) is 4.68 Å². The molecule has 0 aliphatic heterocycles. The molecule has 0 fully saturated rings. The van der Waals surface area contributed by atoms with E-state index in [2.05, 4.69) is 15.3 Å².